The maximum atomic E-state index is 8.66. The maximum absolute atomic E-state index is 8.66. The molecule has 0 aromatic carbocycles. The van der Waals surface area contributed by atoms with Gasteiger partial charge in [-0.15, -0.1) is 0 Å². The van der Waals surface area contributed by atoms with E-state index in [1.165, 1.54) is 0 Å². The highest BCUT2D eigenvalue weighted by atomic mass is 16.3. The topological polar surface area (TPSA) is 153 Å². The van der Waals surface area contributed by atoms with Gasteiger partial charge in [0.25, 0.3) is 0 Å². The lowest BCUT2D eigenvalue weighted by Crippen LogP contribution is -2.32. The van der Waals surface area contributed by atoms with Gasteiger partial charge in [0, 0.05) is 10.8 Å². The van der Waals surface area contributed by atoms with E-state index in [1.807, 2.05) is 13.8 Å². The van der Waals surface area contributed by atoms with E-state index in [-0.39, 0.29) is 45.1 Å². The van der Waals surface area contributed by atoms with Gasteiger partial charge in [0.2, 0.25) is 0 Å². The Morgan fingerprint density at radius 3 is 0.684 bits per heavy atom. The predicted molar refractivity (Wildman–Crippen MR) is 71.6 cm³/mol. The van der Waals surface area contributed by atoms with Gasteiger partial charge < -0.3 is 36.1 Å². The Morgan fingerprint density at radius 2 is 0.684 bits per heavy atom. The third kappa shape index (κ3) is 7.78. The van der Waals surface area contributed by atoms with E-state index in [2.05, 4.69) is 0 Å². The summed E-state index contributed by atoms with van der Waals surface area (Å²) in [4.78, 5) is 0. The molecule has 7 heteroatoms. The van der Waals surface area contributed by atoms with Crippen molar-refractivity contribution < 1.29 is 36.1 Å². The summed E-state index contributed by atoms with van der Waals surface area (Å²) in [6.45, 7) is 2.71. The Hall–Kier alpha value is -0.280. The molecule has 0 atom stereocenters. The molecule has 0 aromatic rings. The molecule has 0 amide bonds. The van der Waals surface area contributed by atoms with E-state index < -0.39 is 10.8 Å². The van der Waals surface area contributed by atoms with Crippen molar-refractivity contribution in [2.24, 2.45) is 10.8 Å². The molecule has 0 spiro atoms. The molecule has 0 aliphatic rings. The largest absolute Gasteiger partial charge is 0.412 e. The Kier molecular flexibility index (Phi) is 15.9. The molecule has 0 fully saturated rings. The lowest BCUT2D eigenvalue weighted by atomic mass is 9.88. The first-order valence-electron chi connectivity index (χ1n) is 6.14. The number of aliphatic hydroxyl groups is 6. The minimum Gasteiger partial charge on any atom is -0.412 e. The van der Waals surface area contributed by atoms with E-state index in [0.717, 1.165) is 0 Å². The van der Waals surface area contributed by atoms with Gasteiger partial charge in [-0.1, -0.05) is 13.8 Å². The van der Waals surface area contributed by atoms with Crippen LogP contribution in [0.2, 0.25) is 0 Å². The van der Waals surface area contributed by atoms with E-state index in [1.54, 1.807) is 0 Å². The second-order valence-corrected chi connectivity index (χ2v) is 4.66. The number of hydrogen-bond acceptors (Lipinski definition) is 6. The van der Waals surface area contributed by atoms with Gasteiger partial charge in [-0.2, -0.15) is 0 Å². The van der Waals surface area contributed by atoms with Crippen molar-refractivity contribution in [2.75, 3.05) is 39.6 Å². The fraction of sp³-hybridized carbons (Fsp3) is 1.00. The van der Waals surface area contributed by atoms with Crippen molar-refractivity contribution in [3.05, 3.63) is 0 Å². The Balaban J connectivity index is -0.000000256. The van der Waals surface area contributed by atoms with Crippen molar-refractivity contribution in [3.63, 3.8) is 0 Å². The van der Waals surface area contributed by atoms with Crippen molar-refractivity contribution in [3.8, 4) is 0 Å². The molecule has 0 saturated heterocycles. The predicted octanol–water partition coefficient (Wildman–Crippen LogP) is -2.11. The number of aliphatic hydroxyl groups excluding tert-OH is 6. The third-order valence-electron chi connectivity index (χ3n) is 3.51. The molecule has 19 heavy (non-hydrogen) atoms. The summed E-state index contributed by atoms with van der Waals surface area (Å²) in [5, 5.41) is 51.9. The summed E-state index contributed by atoms with van der Waals surface area (Å²) in [5.41, 5.74) is -1.33. The Labute approximate surface area is 114 Å². The first-order chi connectivity index (χ1) is 8.49. The zero-order valence-electron chi connectivity index (χ0n) is 11.8. The standard InChI is InChI=1S/2C6H14O3.H2O/c2*1-2-6(3-7,4-8)5-9;/h2*7-9H,2-5H2,1H3;1H2. The van der Waals surface area contributed by atoms with Crippen LogP contribution in [0.15, 0.2) is 0 Å². The molecule has 0 unspecified atom stereocenters. The molecule has 0 aliphatic carbocycles. The summed E-state index contributed by atoms with van der Waals surface area (Å²) >= 11 is 0. The van der Waals surface area contributed by atoms with Crippen LogP contribution >= 0.6 is 0 Å². The highest BCUT2D eigenvalue weighted by Crippen LogP contribution is 2.18. The van der Waals surface area contributed by atoms with Crippen LogP contribution in [0.3, 0.4) is 0 Å². The normalized spacial score (nSPS) is 11.4. The minimum absolute atomic E-state index is 0. The molecule has 0 bridgehead atoms. The molecule has 120 valence electrons. The second-order valence-electron chi connectivity index (χ2n) is 4.66. The maximum Gasteiger partial charge on any atom is 0.0531 e. The van der Waals surface area contributed by atoms with E-state index in [0.29, 0.717) is 12.8 Å². The van der Waals surface area contributed by atoms with Crippen molar-refractivity contribution in [1.29, 1.82) is 0 Å². The molecule has 0 aliphatic heterocycles. The van der Waals surface area contributed by atoms with Crippen LogP contribution in [0.1, 0.15) is 26.7 Å². The fourth-order valence-electron chi connectivity index (χ4n) is 0.971. The monoisotopic (exact) mass is 286 g/mol. The summed E-state index contributed by atoms with van der Waals surface area (Å²) in [5.74, 6) is 0. The Morgan fingerprint density at radius 1 is 0.526 bits per heavy atom. The van der Waals surface area contributed by atoms with Gasteiger partial charge in [-0.3, -0.25) is 0 Å². The van der Waals surface area contributed by atoms with Crippen LogP contribution in [0.5, 0.6) is 0 Å². The third-order valence-corrected chi connectivity index (χ3v) is 3.51. The van der Waals surface area contributed by atoms with Gasteiger partial charge in [0.05, 0.1) is 39.6 Å². The zero-order valence-corrected chi connectivity index (χ0v) is 11.8. The van der Waals surface area contributed by atoms with Crippen LogP contribution < -0.4 is 0 Å². The van der Waals surface area contributed by atoms with Gasteiger partial charge in [-0.05, 0) is 12.8 Å². The van der Waals surface area contributed by atoms with Gasteiger partial charge in [0.15, 0.2) is 0 Å². The quantitative estimate of drug-likeness (QED) is 0.300. The fourth-order valence-corrected chi connectivity index (χ4v) is 0.971. The van der Waals surface area contributed by atoms with Gasteiger partial charge in [-0.25, -0.2) is 0 Å². The molecule has 0 radical (unpaired) electrons. The molecule has 0 heterocycles. The van der Waals surface area contributed by atoms with Crippen LogP contribution in [-0.4, -0.2) is 75.8 Å². The second kappa shape index (κ2) is 12.7. The SMILES string of the molecule is CCC(CO)(CO)CO.CCC(CO)(CO)CO.O. The molecular weight excluding hydrogens is 256 g/mol. The average Bonchev–Trinajstić information content (AvgIpc) is 2.46. The number of hydrogen-bond donors (Lipinski definition) is 6. The van der Waals surface area contributed by atoms with E-state index >= 15 is 0 Å². The summed E-state index contributed by atoms with van der Waals surface area (Å²) in [6.07, 6.45) is 1.19. The summed E-state index contributed by atoms with van der Waals surface area (Å²) in [7, 11) is 0. The van der Waals surface area contributed by atoms with Crippen molar-refractivity contribution in [1.82, 2.24) is 0 Å². The summed E-state index contributed by atoms with van der Waals surface area (Å²) < 4.78 is 0. The van der Waals surface area contributed by atoms with Gasteiger partial charge >= 0.3 is 0 Å². The molecule has 0 aromatic heterocycles. The highest BCUT2D eigenvalue weighted by molar-refractivity contribution is 4.74. The van der Waals surface area contributed by atoms with E-state index in [4.69, 9.17) is 30.6 Å². The molecular formula is C12H30O7. The van der Waals surface area contributed by atoms with Crippen molar-refractivity contribution >= 4 is 0 Å². The summed E-state index contributed by atoms with van der Waals surface area (Å²) in [6, 6.07) is 0. The first-order valence-corrected chi connectivity index (χ1v) is 6.14. The number of rotatable bonds is 8. The molecule has 0 rings (SSSR count). The average molecular weight is 286 g/mol. The molecule has 7 nitrogen and oxygen atoms in total. The molecule has 8 N–H and O–H groups in total. The minimum atomic E-state index is -0.667. The highest BCUT2D eigenvalue weighted by Gasteiger charge is 2.25. The Bertz CT molecular complexity index is 124. The van der Waals surface area contributed by atoms with Crippen LogP contribution in [-0.2, 0) is 0 Å². The first kappa shape index (κ1) is 23.8. The van der Waals surface area contributed by atoms with E-state index in [9.17, 15) is 0 Å². The lowest BCUT2D eigenvalue weighted by Gasteiger charge is -2.24. The van der Waals surface area contributed by atoms with Gasteiger partial charge in [0.1, 0.15) is 0 Å². The zero-order chi connectivity index (χ0) is 14.7. The van der Waals surface area contributed by atoms with Crippen LogP contribution in [0.25, 0.3) is 0 Å². The van der Waals surface area contributed by atoms with Crippen molar-refractivity contribution in [2.45, 2.75) is 26.7 Å². The van der Waals surface area contributed by atoms with Crippen LogP contribution in [0, 0.1) is 10.8 Å². The lowest BCUT2D eigenvalue weighted by molar-refractivity contribution is 0.00275. The molecule has 0 saturated carbocycles. The smallest absolute Gasteiger partial charge is 0.0531 e. The van der Waals surface area contributed by atoms with Crippen LogP contribution in [0.4, 0.5) is 0 Å².